The Morgan fingerprint density at radius 2 is 1.77 bits per heavy atom. The van der Waals surface area contributed by atoms with Crippen molar-refractivity contribution in [3.63, 3.8) is 0 Å². The van der Waals surface area contributed by atoms with E-state index in [1.54, 1.807) is 0 Å². The molecule has 0 aliphatic rings. The van der Waals surface area contributed by atoms with E-state index < -0.39 is 21.0 Å². The summed E-state index contributed by atoms with van der Waals surface area (Å²) in [5.74, 6) is -1.34. The molecule has 5 nitrogen and oxygen atoms in total. The molecule has 0 aliphatic carbocycles. The molecule has 0 aromatic carbocycles. The monoisotopic (exact) mass is 218 g/mol. The first-order chi connectivity index (χ1) is 5.30. The van der Waals surface area contributed by atoms with Crippen molar-refractivity contribution in [2.75, 3.05) is 0 Å². The first-order valence-electron chi connectivity index (χ1n) is 3.21. The number of hydrogen-bond acceptors (Lipinski definition) is 3. The van der Waals surface area contributed by atoms with Crippen LogP contribution in [0.3, 0.4) is 0 Å². The van der Waals surface area contributed by atoms with E-state index >= 15 is 0 Å². The quantitative estimate of drug-likeness (QED) is 0.395. The van der Waals surface area contributed by atoms with Crippen LogP contribution in [0.5, 0.6) is 0 Å². The third kappa shape index (κ3) is 4.78. The van der Waals surface area contributed by atoms with E-state index in [1.165, 1.54) is 6.92 Å². The molecule has 0 fully saturated rings. The fourth-order valence-electron chi connectivity index (χ4n) is 0.760. The SMILES string of the molecule is CC/C(=C(/C)C(=O)O)S(=O)(=O)O.[NaH]. The zero-order chi connectivity index (χ0) is 9.94. The minimum absolute atomic E-state index is 0. The number of aliphatic carboxylic acids is 1. The molecule has 2 N–H and O–H groups in total. The second-order valence-electron chi connectivity index (χ2n) is 2.18. The minimum atomic E-state index is -4.36. The van der Waals surface area contributed by atoms with E-state index in [-0.39, 0.29) is 41.6 Å². The summed E-state index contributed by atoms with van der Waals surface area (Å²) in [7, 11) is -4.36. The summed E-state index contributed by atoms with van der Waals surface area (Å²) in [4.78, 5) is 9.86. The van der Waals surface area contributed by atoms with E-state index in [0.29, 0.717) is 0 Å². The van der Waals surface area contributed by atoms with Crippen molar-refractivity contribution in [2.24, 2.45) is 0 Å². The fourth-order valence-corrected chi connectivity index (χ4v) is 1.60. The van der Waals surface area contributed by atoms with Gasteiger partial charge in [0, 0.05) is 0 Å². The molecule has 0 radical (unpaired) electrons. The summed E-state index contributed by atoms with van der Waals surface area (Å²) in [5.41, 5.74) is -0.347. The van der Waals surface area contributed by atoms with Crippen LogP contribution in [0.4, 0.5) is 0 Å². The van der Waals surface area contributed by atoms with Crippen molar-refractivity contribution in [3.8, 4) is 0 Å². The van der Waals surface area contributed by atoms with Crippen LogP contribution < -0.4 is 0 Å². The number of allylic oxidation sites excluding steroid dienone is 1. The summed E-state index contributed by atoms with van der Waals surface area (Å²) in [6.07, 6.45) is -0.0308. The van der Waals surface area contributed by atoms with Gasteiger partial charge in [-0.15, -0.1) is 0 Å². The summed E-state index contributed by atoms with van der Waals surface area (Å²) >= 11 is 0. The van der Waals surface area contributed by atoms with Gasteiger partial charge in [0.15, 0.2) is 0 Å². The molecule has 0 saturated carbocycles. The Balaban J connectivity index is 0. The number of rotatable bonds is 3. The Kier molecular flexibility index (Phi) is 6.91. The molecule has 0 spiro atoms. The van der Waals surface area contributed by atoms with Gasteiger partial charge < -0.3 is 5.11 Å². The summed E-state index contributed by atoms with van der Waals surface area (Å²) < 4.78 is 29.6. The Bertz CT molecular complexity index is 316. The van der Waals surface area contributed by atoms with Gasteiger partial charge in [-0.2, -0.15) is 8.42 Å². The maximum absolute atomic E-state index is 10.5. The number of carboxylic acids is 1. The van der Waals surface area contributed by atoms with Gasteiger partial charge in [0.2, 0.25) is 0 Å². The maximum atomic E-state index is 10.5. The van der Waals surface area contributed by atoms with Crippen LogP contribution in [0, 0.1) is 0 Å². The predicted octanol–water partition coefficient (Wildman–Crippen LogP) is -0.00570. The molecule has 13 heavy (non-hydrogen) atoms. The second-order valence-corrected chi connectivity index (χ2v) is 3.62. The van der Waals surface area contributed by atoms with E-state index in [9.17, 15) is 13.2 Å². The summed E-state index contributed by atoms with van der Waals surface area (Å²) in [5, 5.41) is 8.41. The average Bonchev–Trinajstić information content (AvgIpc) is 1.85. The van der Waals surface area contributed by atoms with E-state index in [1.807, 2.05) is 0 Å². The molecular weight excluding hydrogens is 207 g/mol. The van der Waals surface area contributed by atoms with Crippen LogP contribution >= 0.6 is 0 Å². The molecule has 0 atom stereocenters. The third-order valence-electron chi connectivity index (χ3n) is 1.37. The number of carboxylic acid groups (broad SMARTS) is 1. The van der Waals surface area contributed by atoms with Gasteiger partial charge in [-0.3, -0.25) is 4.55 Å². The summed E-state index contributed by atoms with van der Waals surface area (Å²) in [6, 6.07) is 0. The van der Waals surface area contributed by atoms with Crippen molar-refractivity contribution >= 4 is 45.6 Å². The first-order valence-corrected chi connectivity index (χ1v) is 4.65. The van der Waals surface area contributed by atoms with E-state index in [0.717, 1.165) is 6.92 Å². The topological polar surface area (TPSA) is 91.7 Å². The molecule has 0 amide bonds. The van der Waals surface area contributed by atoms with Crippen molar-refractivity contribution in [3.05, 3.63) is 10.5 Å². The molecule has 0 aliphatic heterocycles. The average molecular weight is 218 g/mol. The number of hydrogen-bond donors (Lipinski definition) is 2. The fraction of sp³-hybridized carbons (Fsp3) is 0.500. The molecule has 72 valence electrons. The van der Waals surface area contributed by atoms with Crippen molar-refractivity contribution in [2.45, 2.75) is 20.3 Å². The van der Waals surface area contributed by atoms with Crippen molar-refractivity contribution < 1.29 is 22.9 Å². The van der Waals surface area contributed by atoms with Gasteiger partial charge in [-0.25, -0.2) is 4.79 Å². The van der Waals surface area contributed by atoms with Gasteiger partial charge in [0.05, 0.1) is 10.5 Å². The Hall–Kier alpha value is 0.120. The molecule has 0 aromatic rings. The van der Waals surface area contributed by atoms with Gasteiger partial charge in [-0.1, -0.05) is 6.92 Å². The molecule has 0 rings (SSSR count). The van der Waals surface area contributed by atoms with Crippen LogP contribution in [0.25, 0.3) is 0 Å². The van der Waals surface area contributed by atoms with Crippen molar-refractivity contribution in [1.82, 2.24) is 0 Å². The summed E-state index contributed by atoms with van der Waals surface area (Å²) in [6.45, 7) is 2.59. The number of carbonyl (C=O) groups is 1. The molecule has 0 saturated heterocycles. The normalized spacial score (nSPS) is 12.8. The van der Waals surface area contributed by atoms with Gasteiger partial charge in [-0.05, 0) is 13.3 Å². The Morgan fingerprint density at radius 3 is 1.85 bits per heavy atom. The predicted molar refractivity (Wildman–Crippen MR) is 49.3 cm³/mol. The Labute approximate surface area is 98.9 Å². The molecule has 0 heterocycles. The van der Waals surface area contributed by atoms with Crippen LogP contribution in [0.15, 0.2) is 10.5 Å². The van der Waals surface area contributed by atoms with E-state index in [2.05, 4.69) is 0 Å². The van der Waals surface area contributed by atoms with Gasteiger partial charge >= 0.3 is 35.5 Å². The van der Waals surface area contributed by atoms with E-state index in [4.69, 9.17) is 9.66 Å². The van der Waals surface area contributed by atoms with Crippen LogP contribution in [0.1, 0.15) is 20.3 Å². The molecule has 7 heteroatoms. The van der Waals surface area contributed by atoms with Gasteiger partial charge in [0.25, 0.3) is 10.1 Å². The Morgan fingerprint density at radius 1 is 1.38 bits per heavy atom. The first kappa shape index (κ1) is 15.6. The zero-order valence-electron chi connectivity index (χ0n) is 6.73. The van der Waals surface area contributed by atoms with Crippen molar-refractivity contribution in [1.29, 1.82) is 0 Å². The standard InChI is InChI=1S/C6H10O5S.Na.H/c1-3-5(12(9,10)11)4(2)6(7)8;;/h3H2,1-2H3,(H,7,8)(H,9,10,11);;/b5-4+;;. The zero-order valence-corrected chi connectivity index (χ0v) is 7.55. The molecule has 0 unspecified atom stereocenters. The van der Waals surface area contributed by atoms with Crippen LogP contribution in [-0.2, 0) is 14.9 Å². The molecule has 0 bridgehead atoms. The van der Waals surface area contributed by atoms with Crippen LogP contribution in [0.2, 0.25) is 0 Å². The van der Waals surface area contributed by atoms with Crippen LogP contribution in [-0.4, -0.2) is 53.6 Å². The third-order valence-corrected chi connectivity index (χ3v) is 2.59. The van der Waals surface area contributed by atoms with Gasteiger partial charge in [0.1, 0.15) is 0 Å². The second kappa shape index (κ2) is 5.77. The molecule has 0 aromatic heterocycles. The molecular formula is C6H11NaO5S.